The molecule has 0 aliphatic carbocycles. The number of rotatable bonds is 7. The van der Waals surface area contributed by atoms with Gasteiger partial charge in [0.2, 0.25) is 5.91 Å². The molecule has 0 bridgehead atoms. The second-order valence-corrected chi connectivity index (χ2v) is 7.46. The Balaban J connectivity index is 1.57. The van der Waals surface area contributed by atoms with Gasteiger partial charge in [-0.1, -0.05) is 42.1 Å². The third-order valence-electron chi connectivity index (χ3n) is 4.38. The number of nitrogens with two attached hydrogens (primary N) is 1. The average Bonchev–Trinajstić information content (AvgIpc) is 3.13. The molecule has 0 unspecified atom stereocenters. The number of carbonyl (C=O) groups is 2. The highest BCUT2D eigenvalue weighted by atomic mass is 32.2. The molecule has 0 fully saturated rings. The molecule has 0 radical (unpaired) electrons. The summed E-state index contributed by atoms with van der Waals surface area (Å²) in [6.07, 6.45) is 3.51. The van der Waals surface area contributed by atoms with Gasteiger partial charge in [-0.25, -0.2) is 9.97 Å². The zero-order valence-electron chi connectivity index (χ0n) is 15.9. The molecule has 150 valence electrons. The molecule has 7 nitrogen and oxygen atoms in total. The summed E-state index contributed by atoms with van der Waals surface area (Å²) in [7, 11) is 0. The van der Waals surface area contributed by atoms with E-state index in [1.54, 1.807) is 42.7 Å². The molecule has 8 heteroatoms. The molecule has 0 saturated carbocycles. The third kappa shape index (κ3) is 4.49. The van der Waals surface area contributed by atoms with Gasteiger partial charge in [0.1, 0.15) is 5.58 Å². The Hall–Kier alpha value is -3.65. The number of anilines is 1. The molecule has 2 aromatic heterocycles. The predicted octanol–water partition coefficient (Wildman–Crippen LogP) is 3.80. The van der Waals surface area contributed by atoms with E-state index in [0.717, 1.165) is 16.5 Å². The Morgan fingerprint density at radius 3 is 2.47 bits per heavy atom. The number of amides is 2. The first-order valence-corrected chi connectivity index (χ1v) is 10.2. The number of aromatic nitrogens is 2. The summed E-state index contributed by atoms with van der Waals surface area (Å²) in [5.41, 5.74) is 8.01. The smallest absolute Gasteiger partial charge is 0.291 e. The summed E-state index contributed by atoms with van der Waals surface area (Å²) in [6.45, 7) is 0. The van der Waals surface area contributed by atoms with Crippen LogP contribution in [0.5, 0.6) is 0 Å². The van der Waals surface area contributed by atoms with Gasteiger partial charge >= 0.3 is 0 Å². The van der Waals surface area contributed by atoms with Gasteiger partial charge in [0.05, 0.1) is 6.42 Å². The lowest BCUT2D eigenvalue weighted by molar-refractivity contribution is -0.117. The van der Waals surface area contributed by atoms with Gasteiger partial charge < -0.3 is 15.5 Å². The van der Waals surface area contributed by atoms with E-state index >= 15 is 0 Å². The fourth-order valence-corrected chi connectivity index (χ4v) is 3.85. The number of hydrogen-bond donors (Lipinski definition) is 2. The van der Waals surface area contributed by atoms with Crippen LogP contribution in [-0.2, 0) is 17.0 Å². The molecule has 3 N–H and O–H groups in total. The molecule has 30 heavy (non-hydrogen) atoms. The van der Waals surface area contributed by atoms with E-state index in [1.807, 2.05) is 24.3 Å². The van der Waals surface area contributed by atoms with Crippen LogP contribution in [0.25, 0.3) is 11.0 Å². The number of nitrogens with zero attached hydrogens (tertiary/aromatic N) is 2. The monoisotopic (exact) mass is 418 g/mol. The van der Waals surface area contributed by atoms with E-state index in [0.29, 0.717) is 22.2 Å². The van der Waals surface area contributed by atoms with Crippen molar-refractivity contribution < 1.29 is 14.0 Å². The second kappa shape index (κ2) is 8.79. The summed E-state index contributed by atoms with van der Waals surface area (Å²) in [6, 6.07) is 16.2. The van der Waals surface area contributed by atoms with Crippen LogP contribution in [0.3, 0.4) is 0 Å². The maximum Gasteiger partial charge on any atom is 0.291 e. The van der Waals surface area contributed by atoms with Crippen LogP contribution in [0.15, 0.2) is 76.6 Å². The molecular formula is C22H18N4O3S. The molecule has 2 amide bonds. The number of thioether (sulfide) groups is 1. The molecule has 2 heterocycles. The highest BCUT2D eigenvalue weighted by Gasteiger charge is 2.21. The normalized spacial score (nSPS) is 10.8. The van der Waals surface area contributed by atoms with E-state index in [9.17, 15) is 9.59 Å². The fraction of sp³-hybridized carbons (Fsp3) is 0.0909. The maximum absolute atomic E-state index is 13.0. The summed E-state index contributed by atoms with van der Waals surface area (Å²) in [5, 5.41) is 4.35. The molecule has 0 saturated heterocycles. The van der Waals surface area contributed by atoms with Crippen LogP contribution in [0.4, 0.5) is 5.69 Å². The summed E-state index contributed by atoms with van der Waals surface area (Å²) < 4.78 is 5.87. The standard InChI is InChI=1S/C22H18N4O3S/c23-19(27)12-14-6-8-15(9-7-14)26-21(28)20-17(13-30-22-24-10-3-11-25-22)16-4-1-2-5-18(16)29-20/h1-11H,12-13H2,(H2,23,27)(H,26,28). The first kappa shape index (κ1) is 19.7. The second-order valence-electron chi connectivity index (χ2n) is 6.52. The van der Waals surface area contributed by atoms with Crippen molar-refractivity contribution in [1.29, 1.82) is 0 Å². The van der Waals surface area contributed by atoms with Gasteiger partial charge in [0, 0.05) is 34.8 Å². The molecule has 0 aliphatic rings. The Morgan fingerprint density at radius 1 is 1.00 bits per heavy atom. The van der Waals surface area contributed by atoms with E-state index in [-0.39, 0.29) is 18.1 Å². The van der Waals surface area contributed by atoms with Crippen LogP contribution >= 0.6 is 11.8 Å². The van der Waals surface area contributed by atoms with Crippen LogP contribution in [0.1, 0.15) is 21.7 Å². The SMILES string of the molecule is NC(=O)Cc1ccc(NC(=O)c2oc3ccccc3c2CSc2ncccn2)cc1. The number of para-hydroxylation sites is 1. The van der Waals surface area contributed by atoms with Gasteiger partial charge in [0.15, 0.2) is 10.9 Å². The molecule has 4 rings (SSSR count). The number of furan rings is 1. The first-order valence-electron chi connectivity index (χ1n) is 9.19. The number of primary amides is 1. The van der Waals surface area contributed by atoms with Gasteiger partial charge in [0.25, 0.3) is 5.91 Å². The van der Waals surface area contributed by atoms with Crippen LogP contribution < -0.4 is 11.1 Å². The number of nitrogens with one attached hydrogen (secondary N) is 1. The van der Waals surface area contributed by atoms with Crippen molar-refractivity contribution >= 4 is 40.2 Å². The summed E-state index contributed by atoms with van der Waals surface area (Å²) >= 11 is 1.43. The highest BCUT2D eigenvalue weighted by Crippen LogP contribution is 2.31. The minimum Gasteiger partial charge on any atom is -0.451 e. The van der Waals surface area contributed by atoms with E-state index < -0.39 is 5.91 Å². The lowest BCUT2D eigenvalue weighted by Gasteiger charge is -2.06. The lowest BCUT2D eigenvalue weighted by atomic mass is 10.1. The van der Waals surface area contributed by atoms with Crippen molar-refractivity contribution in [2.45, 2.75) is 17.3 Å². The molecule has 4 aromatic rings. The van der Waals surface area contributed by atoms with E-state index in [1.165, 1.54) is 11.8 Å². The van der Waals surface area contributed by atoms with Gasteiger partial charge in [-0.15, -0.1) is 0 Å². The Labute approximate surface area is 176 Å². The van der Waals surface area contributed by atoms with E-state index in [2.05, 4.69) is 15.3 Å². The zero-order chi connectivity index (χ0) is 20.9. The van der Waals surface area contributed by atoms with Gasteiger partial charge in [-0.3, -0.25) is 9.59 Å². The minimum absolute atomic E-state index is 0.154. The molecular weight excluding hydrogens is 400 g/mol. The van der Waals surface area contributed by atoms with Crippen molar-refractivity contribution in [3.8, 4) is 0 Å². The average molecular weight is 418 g/mol. The van der Waals surface area contributed by atoms with Crippen molar-refractivity contribution in [2.24, 2.45) is 5.73 Å². The predicted molar refractivity (Wildman–Crippen MR) is 115 cm³/mol. The third-order valence-corrected chi connectivity index (χ3v) is 5.28. The molecule has 0 spiro atoms. The summed E-state index contributed by atoms with van der Waals surface area (Å²) in [4.78, 5) is 32.4. The first-order chi connectivity index (χ1) is 14.6. The van der Waals surface area contributed by atoms with Crippen molar-refractivity contribution in [1.82, 2.24) is 9.97 Å². The Kier molecular flexibility index (Phi) is 5.76. The summed E-state index contributed by atoms with van der Waals surface area (Å²) in [5.74, 6) is -0.0145. The molecule has 0 atom stereocenters. The van der Waals surface area contributed by atoms with E-state index in [4.69, 9.17) is 10.2 Å². The quantitative estimate of drug-likeness (QED) is 0.349. The Morgan fingerprint density at radius 2 is 1.73 bits per heavy atom. The van der Waals surface area contributed by atoms with Crippen LogP contribution in [0, 0.1) is 0 Å². The van der Waals surface area contributed by atoms with Crippen LogP contribution in [-0.4, -0.2) is 21.8 Å². The van der Waals surface area contributed by atoms with Crippen molar-refractivity contribution in [2.75, 3.05) is 5.32 Å². The van der Waals surface area contributed by atoms with Crippen LogP contribution in [0.2, 0.25) is 0 Å². The number of fused-ring (bicyclic) bond motifs is 1. The molecule has 2 aromatic carbocycles. The van der Waals surface area contributed by atoms with Crippen molar-refractivity contribution in [3.05, 3.63) is 83.9 Å². The number of hydrogen-bond acceptors (Lipinski definition) is 6. The largest absolute Gasteiger partial charge is 0.451 e. The topological polar surface area (TPSA) is 111 Å². The zero-order valence-corrected chi connectivity index (χ0v) is 16.7. The van der Waals surface area contributed by atoms with Crippen molar-refractivity contribution in [3.63, 3.8) is 0 Å². The number of carbonyl (C=O) groups excluding carboxylic acids is 2. The maximum atomic E-state index is 13.0. The van der Waals surface area contributed by atoms with Gasteiger partial charge in [-0.2, -0.15) is 0 Å². The highest BCUT2D eigenvalue weighted by molar-refractivity contribution is 7.98. The minimum atomic E-state index is -0.404. The number of benzene rings is 2. The van der Waals surface area contributed by atoms with Gasteiger partial charge in [-0.05, 0) is 29.8 Å². The fourth-order valence-electron chi connectivity index (χ4n) is 3.02. The Bertz CT molecular complexity index is 1190. The lowest BCUT2D eigenvalue weighted by Crippen LogP contribution is -2.14. The molecule has 0 aliphatic heterocycles.